The molecular formula is C14H14N4O2. The molecule has 3 N–H and O–H groups in total. The minimum atomic E-state index is -0.534. The second-order valence-electron chi connectivity index (χ2n) is 4.34. The number of carbonyl (C=O) groups excluding carboxylic acids is 2. The van der Waals surface area contributed by atoms with Crippen molar-refractivity contribution in [3.63, 3.8) is 0 Å². The molecule has 0 saturated heterocycles. The molecule has 1 aromatic carbocycles. The molecule has 2 amide bonds. The summed E-state index contributed by atoms with van der Waals surface area (Å²) in [6, 6.07) is 4.96. The molecule has 0 spiro atoms. The first-order chi connectivity index (χ1) is 9.49. The lowest BCUT2D eigenvalue weighted by Crippen LogP contribution is -2.17. The minimum absolute atomic E-state index is 0.208. The van der Waals surface area contributed by atoms with Gasteiger partial charge in [-0.3, -0.25) is 14.6 Å². The molecule has 6 nitrogen and oxygen atoms in total. The molecular weight excluding hydrogens is 256 g/mol. The average Bonchev–Trinajstić information content (AvgIpc) is 2.41. The predicted molar refractivity (Wildman–Crippen MR) is 74.4 cm³/mol. The number of hydrogen-bond acceptors (Lipinski definition) is 4. The molecule has 0 unspecified atom stereocenters. The number of carbonyl (C=O) groups is 2. The molecule has 20 heavy (non-hydrogen) atoms. The third kappa shape index (κ3) is 2.80. The Morgan fingerprint density at radius 3 is 2.50 bits per heavy atom. The smallest absolute Gasteiger partial charge is 0.275 e. The molecule has 1 aromatic heterocycles. The van der Waals surface area contributed by atoms with E-state index in [-0.39, 0.29) is 11.6 Å². The van der Waals surface area contributed by atoms with Crippen molar-refractivity contribution >= 4 is 17.5 Å². The number of aryl methyl sites for hydroxylation is 1. The van der Waals surface area contributed by atoms with Crippen LogP contribution < -0.4 is 11.1 Å². The van der Waals surface area contributed by atoms with Crippen LogP contribution in [-0.4, -0.2) is 21.8 Å². The Bertz CT molecular complexity index is 665. The number of anilines is 1. The number of benzene rings is 1. The van der Waals surface area contributed by atoms with Gasteiger partial charge >= 0.3 is 0 Å². The molecule has 0 aliphatic heterocycles. The van der Waals surface area contributed by atoms with Crippen LogP contribution in [0, 0.1) is 13.8 Å². The fraction of sp³-hybridized carbons (Fsp3) is 0.143. The lowest BCUT2D eigenvalue weighted by molar-refractivity contribution is 0.0994. The summed E-state index contributed by atoms with van der Waals surface area (Å²) in [4.78, 5) is 31.3. The normalized spacial score (nSPS) is 10.1. The summed E-state index contributed by atoms with van der Waals surface area (Å²) in [5.74, 6) is -0.920. The molecule has 2 rings (SSSR count). The maximum Gasteiger partial charge on any atom is 0.275 e. The van der Waals surface area contributed by atoms with Crippen molar-refractivity contribution in [2.24, 2.45) is 5.73 Å². The Hall–Kier alpha value is -2.76. The highest BCUT2D eigenvalue weighted by Gasteiger charge is 2.12. The topological polar surface area (TPSA) is 98.0 Å². The lowest BCUT2D eigenvalue weighted by atomic mass is 10.1. The van der Waals surface area contributed by atoms with Crippen molar-refractivity contribution in [3.05, 3.63) is 53.1 Å². The van der Waals surface area contributed by atoms with Crippen LogP contribution in [0.1, 0.15) is 32.1 Å². The Morgan fingerprint density at radius 1 is 1.15 bits per heavy atom. The summed E-state index contributed by atoms with van der Waals surface area (Å²) < 4.78 is 0. The molecule has 0 bridgehead atoms. The van der Waals surface area contributed by atoms with E-state index in [9.17, 15) is 9.59 Å². The zero-order chi connectivity index (χ0) is 14.7. The van der Waals surface area contributed by atoms with Crippen molar-refractivity contribution in [2.75, 3.05) is 5.32 Å². The van der Waals surface area contributed by atoms with Gasteiger partial charge in [-0.2, -0.15) is 0 Å². The molecule has 6 heteroatoms. The summed E-state index contributed by atoms with van der Waals surface area (Å²) in [5, 5.41) is 2.69. The van der Waals surface area contributed by atoms with Gasteiger partial charge in [0.25, 0.3) is 5.91 Å². The molecule has 0 fully saturated rings. The van der Waals surface area contributed by atoms with Gasteiger partial charge in [0, 0.05) is 17.4 Å². The Morgan fingerprint density at radius 2 is 1.90 bits per heavy atom. The molecule has 0 aliphatic rings. The highest BCUT2D eigenvalue weighted by molar-refractivity contribution is 6.04. The first-order valence-corrected chi connectivity index (χ1v) is 5.98. The maximum atomic E-state index is 12.0. The third-order valence-corrected chi connectivity index (χ3v) is 2.86. The second kappa shape index (κ2) is 5.48. The Balaban J connectivity index is 2.26. The maximum absolute atomic E-state index is 12.0. The zero-order valence-electron chi connectivity index (χ0n) is 11.2. The van der Waals surface area contributed by atoms with Gasteiger partial charge in [0.2, 0.25) is 5.91 Å². The number of aromatic nitrogens is 2. The van der Waals surface area contributed by atoms with Gasteiger partial charge in [-0.15, -0.1) is 0 Å². The molecule has 0 radical (unpaired) electrons. The monoisotopic (exact) mass is 270 g/mol. The van der Waals surface area contributed by atoms with Crippen molar-refractivity contribution in [1.29, 1.82) is 0 Å². The van der Waals surface area contributed by atoms with E-state index in [4.69, 9.17) is 5.73 Å². The van der Waals surface area contributed by atoms with Crippen LogP contribution in [0.4, 0.5) is 5.69 Å². The average molecular weight is 270 g/mol. The summed E-state index contributed by atoms with van der Waals surface area (Å²) in [5.41, 5.74) is 7.72. The Labute approximate surface area is 116 Å². The quantitative estimate of drug-likeness (QED) is 0.881. The number of nitrogens with one attached hydrogen (secondary N) is 1. The minimum Gasteiger partial charge on any atom is -0.366 e. The SMILES string of the molecule is Cc1cnc(C(=O)Nc2cccc(C(N)=O)c2C)cn1. The summed E-state index contributed by atoms with van der Waals surface area (Å²) in [6.45, 7) is 3.51. The van der Waals surface area contributed by atoms with Gasteiger partial charge < -0.3 is 11.1 Å². The van der Waals surface area contributed by atoms with Crippen LogP contribution in [0.15, 0.2) is 30.6 Å². The van der Waals surface area contributed by atoms with E-state index < -0.39 is 5.91 Å². The third-order valence-electron chi connectivity index (χ3n) is 2.86. The first-order valence-electron chi connectivity index (χ1n) is 5.98. The predicted octanol–water partition coefficient (Wildman–Crippen LogP) is 1.44. The van der Waals surface area contributed by atoms with E-state index >= 15 is 0 Å². The first kappa shape index (κ1) is 13.7. The van der Waals surface area contributed by atoms with E-state index in [1.165, 1.54) is 12.4 Å². The number of primary amides is 1. The van der Waals surface area contributed by atoms with Crippen molar-refractivity contribution in [2.45, 2.75) is 13.8 Å². The van der Waals surface area contributed by atoms with Gasteiger partial charge in [-0.1, -0.05) is 6.07 Å². The van der Waals surface area contributed by atoms with Gasteiger partial charge in [-0.25, -0.2) is 4.98 Å². The van der Waals surface area contributed by atoms with Crippen LogP contribution in [0.2, 0.25) is 0 Å². The standard InChI is InChI=1S/C14H14N4O2/c1-8-6-17-12(7-16-8)14(20)18-11-5-3-4-10(9(11)2)13(15)19/h3-7H,1-2H3,(H2,15,19)(H,18,20). The van der Waals surface area contributed by atoms with E-state index in [0.29, 0.717) is 16.8 Å². The van der Waals surface area contributed by atoms with Crippen molar-refractivity contribution in [3.8, 4) is 0 Å². The molecule has 2 aromatic rings. The van der Waals surface area contributed by atoms with Crippen LogP contribution >= 0.6 is 0 Å². The summed E-state index contributed by atoms with van der Waals surface area (Å²) in [6.07, 6.45) is 2.92. The number of nitrogens with two attached hydrogens (primary N) is 1. The lowest BCUT2D eigenvalue weighted by Gasteiger charge is -2.10. The second-order valence-corrected chi connectivity index (χ2v) is 4.34. The molecule has 0 aliphatic carbocycles. The van der Waals surface area contributed by atoms with Crippen LogP contribution in [0.3, 0.4) is 0 Å². The molecule has 102 valence electrons. The van der Waals surface area contributed by atoms with Gasteiger partial charge in [0.15, 0.2) is 0 Å². The van der Waals surface area contributed by atoms with E-state index in [0.717, 1.165) is 5.69 Å². The fourth-order valence-corrected chi connectivity index (χ4v) is 1.73. The van der Waals surface area contributed by atoms with E-state index in [1.807, 2.05) is 0 Å². The van der Waals surface area contributed by atoms with E-state index in [2.05, 4.69) is 15.3 Å². The Kier molecular flexibility index (Phi) is 3.74. The van der Waals surface area contributed by atoms with Crippen LogP contribution in [-0.2, 0) is 0 Å². The number of rotatable bonds is 3. The number of amides is 2. The van der Waals surface area contributed by atoms with Crippen LogP contribution in [0.5, 0.6) is 0 Å². The highest BCUT2D eigenvalue weighted by atomic mass is 16.2. The van der Waals surface area contributed by atoms with Crippen LogP contribution in [0.25, 0.3) is 0 Å². The van der Waals surface area contributed by atoms with Gasteiger partial charge in [-0.05, 0) is 31.5 Å². The van der Waals surface area contributed by atoms with Gasteiger partial charge in [0.1, 0.15) is 5.69 Å². The van der Waals surface area contributed by atoms with Gasteiger partial charge in [0.05, 0.1) is 11.9 Å². The number of nitrogens with zero attached hydrogens (tertiary/aromatic N) is 2. The van der Waals surface area contributed by atoms with Crippen molar-refractivity contribution in [1.82, 2.24) is 9.97 Å². The zero-order valence-corrected chi connectivity index (χ0v) is 11.2. The molecule has 1 heterocycles. The van der Waals surface area contributed by atoms with E-state index in [1.54, 1.807) is 32.0 Å². The summed E-state index contributed by atoms with van der Waals surface area (Å²) >= 11 is 0. The highest BCUT2D eigenvalue weighted by Crippen LogP contribution is 2.19. The molecule has 0 saturated carbocycles. The fourth-order valence-electron chi connectivity index (χ4n) is 1.73. The largest absolute Gasteiger partial charge is 0.366 e. The number of hydrogen-bond donors (Lipinski definition) is 2. The summed E-state index contributed by atoms with van der Waals surface area (Å²) in [7, 11) is 0. The van der Waals surface area contributed by atoms with Crippen molar-refractivity contribution < 1.29 is 9.59 Å². The molecule has 0 atom stereocenters.